The molecule has 140 valence electrons. The Morgan fingerprint density at radius 2 is 1.96 bits per heavy atom. The Bertz CT molecular complexity index is 658. The summed E-state index contributed by atoms with van der Waals surface area (Å²) in [7, 11) is 1.57. The SMILES string of the molecule is COc1ccc(CNC(=O)COC(=O)CCCN2C(=O)CNC2=O)cc1. The third-order valence-electron chi connectivity index (χ3n) is 3.71. The van der Waals surface area contributed by atoms with Crippen molar-refractivity contribution in [1.29, 1.82) is 0 Å². The molecule has 0 aromatic heterocycles. The minimum Gasteiger partial charge on any atom is -0.497 e. The number of amides is 4. The molecule has 0 spiro atoms. The van der Waals surface area contributed by atoms with Gasteiger partial charge in [-0.1, -0.05) is 12.1 Å². The zero-order chi connectivity index (χ0) is 18.9. The Morgan fingerprint density at radius 1 is 1.23 bits per heavy atom. The third kappa shape index (κ3) is 5.76. The van der Waals surface area contributed by atoms with Crippen LogP contribution in [-0.2, 0) is 25.7 Å². The van der Waals surface area contributed by atoms with Crippen molar-refractivity contribution in [3.05, 3.63) is 29.8 Å². The fourth-order valence-electron chi connectivity index (χ4n) is 2.28. The predicted molar refractivity (Wildman–Crippen MR) is 90.1 cm³/mol. The van der Waals surface area contributed by atoms with Crippen LogP contribution in [0.15, 0.2) is 24.3 Å². The van der Waals surface area contributed by atoms with Gasteiger partial charge in [-0.25, -0.2) is 4.79 Å². The second-order valence-corrected chi connectivity index (χ2v) is 5.59. The van der Waals surface area contributed by atoms with E-state index in [-0.39, 0.29) is 38.4 Å². The van der Waals surface area contributed by atoms with Crippen molar-refractivity contribution in [3.8, 4) is 5.75 Å². The second kappa shape index (κ2) is 9.40. The van der Waals surface area contributed by atoms with Crippen molar-refractivity contribution in [1.82, 2.24) is 15.5 Å². The first kappa shape index (κ1) is 19.2. The number of urea groups is 1. The Labute approximate surface area is 150 Å². The van der Waals surface area contributed by atoms with Crippen LogP contribution in [0.3, 0.4) is 0 Å². The monoisotopic (exact) mass is 363 g/mol. The van der Waals surface area contributed by atoms with Crippen molar-refractivity contribution in [2.45, 2.75) is 19.4 Å². The largest absolute Gasteiger partial charge is 0.497 e. The molecule has 0 unspecified atom stereocenters. The molecule has 1 fully saturated rings. The summed E-state index contributed by atoms with van der Waals surface area (Å²) >= 11 is 0. The molecule has 1 aromatic carbocycles. The van der Waals surface area contributed by atoms with E-state index >= 15 is 0 Å². The Morgan fingerprint density at radius 3 is 2.58 bits per heavy atom. The van der Waals surface area contributed by atoms with Gasteiger partial charge in [0.2, 0.25) is 5.91 Å². The van der Waals surface area contributed by atoms with E-state index in [1.54, 1.807) is 19.2 Å². The second-order valence-electron chi connectivity index (χ2n) is 5.59. The molecule has 1 aliphatic rings. The molecule has 0 bridgehead atoms. The number of nitrogens with zero attached hydrogens (tertiary/aromatic N) is 1. The lowest BCUT2D eigenvalue weighted by Crippen LogP contribution is -2.32. The first-order valence-corrected chi connectivity index (χ1v) is 8.13. The molecule has 0 aliphatic carbocycles. The molecule has 1 heterocycles. The fourth-order valence-corrected chi connectivity index (χ4v) is 2.28. The lowest BCUT2D eigenvalue weighted by atomic mass is 10.2. The topological polar surface area (TPSA) is 114 Å². The van der Waals surface area contributed by atoms with Crippen LogP contribution in [-0.4, -0.2) is 55.5 Å². The highest BCUT2D eigenvalue weighted by molar-refractivity contribution is 6.01. The zero-order valence-electron chi connectivity index (χ0n) is 14.4. The highest BCUT2D eigenvalue weighted by Crippen LogP contribution is 2.10. The quantitative estimate of drug-likeness (QED) is 0.478. The fraction of sp³-hybridized carbons (Fsp3) is 0.412. The van der Waals surface area contributed by atoms with Crippen molar-refractivity contribution in [2.24, 2.45) is 0 Å². The van der Waals surface area contributed by atoms with E-state index in [2.05, 4.69) is 10.6 Å². The smallest absolute Gasteiger partial charge is 0.324 e. The molecule has 1 aliphatic heterocycles. The van der Waals surface area contributed by atoms with Gasteiger partial charge >= 0.3 is 12.0 Å². The lowest BCUT2D eigenvalue weighted by molar-refractivity contribution is -0.148. The van der Waals surface area contributed by atoms with Crippen LogP contribution in [0.5, 0.6) is 5.75 Å². The van der Waals surface area contributed by atoms with Gasteiger partial charge < -0.3 is 20.1 Å². The third-order valence-corrected chi connectivity index (χ3v) is 3.71. The molecule has 1 saturated heterocycles. The van der Waals surface area contributed by atoms with Crippen molar-refractivity contribution < 1.29 is 28.7 Å². The standard InChI is InChI=1S/C17H21N3O6/c1-25-13-6-4-12(5-7-13)9-18-14(21)11-26-16(23)3-2-8-20-15(22)10-19-17(20)24/h4-7H,2-3,8-11H2,1H3,(H,18,21)(H,19,24). The summed E-state index contributed by atoms with van der Waals surface area (Å²) in [4.78, 5) is 47.0. The summed E-state index contributed by atoms with van der Waals surface area (Å²) in [6, 6.07) is 6.75. The molecule has 4 amide bonds. The highest BCUT2D eigenvalue weighted by atomic mass is 16.5. The van der Waals surface area contributed by atoms with E-state index in [1.165, 1.54) is 0 Å². The molecule has 26 heavy (non-hydrogen) atoms. The molecule has 2 N–H and O–H groups in total. The molecular formula is C17H21N3O6. The van der Waals surface area contributed by atoms with Gasteiger partial charge in [0.25, 0.3) is 5.91 Å². The maximum absolute atomic E-state index is 11.7. The summed E-state index contributed by atoms with van der Waals surface area (Å²) in [5.74, 6) is -0.566. The van der Waals surface area contributed by atoms with E-state index in [9.17, 15) is 19.2 Å². The molecule has 9 heteroatoms. The Hall–Kier alpha value is -3.10. The summed E-state index contributed by atoms with van der Waals surface area (Å²) < 4.78 is 9.92. The van der Waals surface area contributed by atoms with Crippen LogP contribution in [0.1, 0.15) is 18.4 Å². The number of hydrogen-bond donors (Lipinski definition) is 2. The van der Waals surface area contributed by atoms with E-state index in [1.807, 2.05) is 12.1 Å². The Balaban J connectivity index is 1.59. The number of nitrogens with one attached hydrogen (secondary N) is 2. The van der Waals surface area contributed by atoms with Gasteiger partial charge in [0.05, 0.1) is 13.7 Å². The van der Waals surface area contributed by atoms with Gasteiger partial charge in [-0.2, -0.15) is 0 Å². The predicted octanol–water partition coefficient (Wildman–Crippen LogP) is 0.187. The zero-order valence-corrected chi connectivity index (χ0v) is 14.4. The number of carbonyl (C=O) groups is 4. The number of carbonyl (C=O) groups excluding carboxylic acids is 4. The van der Waals surface area contributed by atoms with E-state index in [0.717, 1.165) is 16.2 Å². The summed E-state index contributed by atoms with van der Waals surface area (Å²) in [5, 5.41) is 5.03. The van der Waals surface area contributed by atoms with Gasteiger partial charge in [-0.05, 0) is 24.1 Å². The molecule has 2 rings (SSSR count). The summed E-state index contributed by atoms with van der Waals surface area (Å²) in [5.41, 5.74) is 0.888. The number of imide groups is 1. The van der Waals surface area contributed by atoms with Crippen molar-refractivity contribution in [2.75, 3.05) is 26.8 Å². The van der Waals surface area contributed by atoms with E-state index in [0.29, 0.717) is 6.54 Å². The number of benzene rings is 1. The average molecular weight is 363 g/mol. The van der Waals surface area contributed by atoms with Crippen LogP contribution in [0, 0.1) is 0 Å². The average Bonchev–Trinajstić information content (AvgIpc) is 2.97. The van der Waals surface area contributed by atoms with E-state index in [4.69, 9.17) is 9.47 Å². The number of hydrogen-bond acceptors (Lipinski definition) is 6. The van der Waals surface area contributed by atoms with Crippen LogP contribution in [0.2, 0.25) is 0 Å². The first-order chi connectivity index (χ1) is 12.5. The molecule has 0 radical (unpaired) electrons. The van der Waals surface area contributed by atoms with Crippen LogP contribution in [0.4, 0.5) is 4.79 Å². The van der Waals surface area contributed by atoms with Gasteiger partial charge in [-0.15, -0.1) is 0 Å². The number of ether oxygens (including phenoxy) is 2. The van der Waals surface area contributed by atoms with Crippen LogP contribution >= 0.6 is 0 Å². The molecule has 0 saturated carbocycles. The van der Waals surface area contributed by atoms with Crippen molar-refractivity contribution >= 4 is 23.8 Å². The van der Waals surface area contributed by atoms with Crippen molar-refractivity contribution in [3.63, 3.8) is 0 Å². The minimum absolute atomic E-state index is 0.0162. The summed E-state index contributed by atoms with van der Waals surface area (Å²) in [6.45, 7) is 0.0613. The van der Waals surface area contributed by atoms with Gasteiger partial charge in [0.15, 0.2) is 6.61 Å². The van der Waals surface area contributed by atoms with Gasteiger partial charge in [-0.3, -0.25) is 19.3 Å². The minimum atomic E-state index is -0.559. The van der Waals surface area contributed by atoms with Gasteiger partial charge in [0.1, 0.15) is 5.75 Å². The lowest BCUT2D eigenvalue weighted by Gasteiger charge is -2.11. The highest BCUT2D eigenvalue weighted by Gasteiger charge is 2.27. The first-order valence-electron chi connectivity index (χ1n) is 8.13. The normalized spacial score (nSPS) is 13.3. The van der Waals surface area contributed by atoms with Crippen LogP contribution in [0.25, 0.3) is 0 Å². The maximum Gasteiger partial charge on any atom is 0.324 e. The van der Waals surface area contributed by atoms with E-state index < -0.39 is 17.9 Å². The molecule has 9 nitrogen and oxygen atoms in total. The molecule has 0 atom stereocenters. The number of methoxy groups -OCH3 is 1. The molecular weight excluding hydrogens is 342 g/mol. The number of rotatable bonds is 9. The summed E-state index contributed by atoms with van der Waals surface area (Å²) in [6.07, 6.45) is 0.300. The van der Waals surface area contributed by atoms with Gasteiger partial charge in [0, 0.05) is 19.5 Å². The maximum atomic E-state index is 11.7. The van der Waals surface area contributed by atoms with Crippen LogP contribution < -0.4 is 15.4 Å². The number of esters is 1. The Kier molecular flexibility index (Phi) is 6.95. The molecule has 1 aromatic rings.